The van der Waals surface area contributed by atoms with Crippen molar-refractivity contribution in [2.24, 2.45) is 5.11 Å². The summed E-state index contributed by atoms with van der Waals surface area (Å²) in [6.45, 7) is 7.66. The molecular formula is C12H19N3O5. The molecule has 3 fully saturated rings. The van der Waals surface area contributed by atoms with Crippen molar-refractivity contribution in [2.45, 2.75) is 69.9 Å². The number of hydrogen-bond donors (Lipinski definition) is 0. The molecule has 8 heteroatoms. The van der Waals surface area contributed by atoms with E-state index in [1.54, 1.807) is 13.8 Å². The van der Waals surface area contributed by atoms with Crippen LogP contribution in [-0.2, 0) is 23.7 Å². The third-order valence-electron chi connectivity index (χ3n) is 3.63. The summed E-state index contributed by atoms with van der Waals surface area (Å²) in [7, 11) is 0. The van der Waals surface area contributed by atoms with Crippen molar-refractivity contribution in [2.75, 3.05) is 6.61 Å². The van der Waals surface area contributed by atoms with E-state index in [0.29, 0.717) is 6.61 Å². The minimum Gasteiger partial charge on any atom is -0.348 e. The molecule has 0 spiro atoms. The predicted molar refractivity (Wildman–Crippen MR) is 66.5 cm³/mol. The average molecular weight is 285 g/mol. The Bertz CT molecular complexity index is 448. The van der Waals surface area contributed by atoms with Gasteiger partial charge in [0.25, 0.3) is 0 Å². The van der Waals surface area contributed by atoms with Crippen LogP contribution in [-0.4, -0.2) is 48.8 Å². The van der Waals surface area contributed by atoms with E-state index in [4.69, 9.17) is 29.2 Å². The first kappa shape index (κ1) is 14.1. The van der Waals surface area contributed by atoms with Gasteiger partial charge in [-0.05, 0) is 33.2 Å². The molecule has 5 atom stereocenters. The second-order valence-corrected chi connectivity index (χ2v) is 6.13. The zero-order valence-electron chi connectivity index (χ0n) is 12.0. The molecule has 3 aliphatic rings. The van der Waals surface area contributed by atoms with Crippen molar-refractivity contribution in [3.8, 4) is 0 Å². The van der Waals surface area contributed by atoms with Gasteiger partial charge in [-0.3, -0.25) is 0 Å². The van der Waals surface area contributed by atoms with Gasteiger partial charge in [-0.25, -0.2) is 0 Å². The molecule has 0 aromatic rings. The first-order valence-electron chi connectivity index (χ1n) is 6.68. The maximum Gasteiger partial charge on any atom is 0.188 e. The van der Waals surface area contributed by atoms with Gasteiger partial charge in [0.2, 0.25) is 0 Å². The largest absolute Gasteiger partial charge is 0.348 e. The predicted octanol–water partition coefficient (Wildman–Crippen LogP) is 1.69. The Labute approximate surface area is 116 Å². The molecule has 0 aliphatic carbocycles. The summed E-state index contributed by atoms with van der Waals surface area (Å²) in [5.74, 6) is -1.40. The Hall–Kier alpha value is -0.890. The molecule has 3 heterocycles. The van der Waals surface area contributed by atoms with E-state index >= 15 is 0 Å². The molecule has 1 unspecified atom stereocenters. The molecule has 8 nitrogen and oxygen atoms in total. The highest BCUT2D eigenvalue weighted by atomic mass is 16.8. The van der Waals surface area contributed by atoms with Crippen molar-refractivity contribution < 1.29 is 23.7 Å². The van der Waals surface area contributed by atoms with E-state index in [1.165, 1.54) is 0 Å². The fourth-order valence-electron chi connectivity index (χ4n) is 2.89. The SMILES string of the molecule is CC1(C)OC[C@H]([C@@H]2OC3OC(C)(C)O[C@@H]3[C@@H]2N=[N+]=[N-])O1. The molecule has 0 bridgehead atoms. The highest BCUT2D eigenvalue weighted by Crippen LogP contribution is 2.41. The smallest absolute Gasteiger partial charge is 0.188 e. The maximum atomic E-state index is 8.77. The van der Waals surface area contributed by atoms with E-state index < -0.39 is 36.1 Å². The van der Waals surface area contributed by atoms with Gasteiger partial charge >= 0.3 is 0 Å². The molecule has 0 saturated carbocycles. The van der Waals surface area contributed by atoms with Crippen LogP contribution in [0.1, 0.15) is 27.7 Å². The Morgan fingerprint density at radius 1 is 1.05 bits per heavy atom. The van der Waals surface area contributed by atoms with Gasteiger partial charge in [-0.1, -0.05) is 5.11 Å². The molecule has 0 amide bonds. The Kier molecular flexibility index (Phi) is 3.20. The van der Waals surface area contributed by atoms with Crippen molar-refractivity contribution in [3.63, 3.8) is 0 Å². The number of rotatable bonds is 2. The molecule has 3 rings (SSSR count). The molecular weight excluding hydrogens is 266 g/mol. The van der Waals surface area contributed by atoms with Crippen LogP contribution in [0.25, 0.3) is 10.4 Å². The van der Waals surface area contributed by atoms with Gasteiger partial charge in [0.15, 0.2) is 17.9 Å². The number of fused-ring (bicyclic) bond motifs is 1. The van der Waals surface area contributed by atoms with E-state index in [1.807, 2.05) is 13.8 Å². The Balaban J connectivity index is 1.78. The topological polar surface area (TPSA) is 94.9 Å². The van der Waals surface area contributed by atoms with Crippen molar-refractivity contribution in [3.05, 3.63) is 10.4 Å². The van der Waals surface area contributed by atoms with Crippen LogP contribution in [0.3, 0.4) is 0 Å². The minimum absolute atomic E-state index is 0.304. The van der Waals surface area contributed by atoms with Crippen molar-refractivity contribution >= 4 is 0 Å². The number of nitrogens with zero attached hydrogens (tertiary/aromatic N) is 3. The second kappa shape index (κ2) is 4.56. The summed E-state index contributed by atoms with van der Waals surface area (Å²) in [6, 6.07) is -0.491. The van der Waals surface area contributed by atoms with Crippen LogP contribution >= 0.6 is 0 Å². The zero-order valence-corrected chi connectivity index (χ0v) is 12.0. The highest BCUT2D eigenvalue weighted by Gasteiger charge is 2.57. The van der Waals surface area contributed by atoms with Gasteiger partial charge in [0.1, 0.15) is 18.3 Å². The maximum absolute atomic E-state index is 8.77. The monoisotopic (exact) mass is 285 g/mol. The fraction of sp³-hybridized carbons (Fsp3) is 1.00. The summed E-state index contributed by atoms with van der Waals surface area (Å²) < 4.78 is 28.6. The lowest BCUT2D eigenvalue weighted by molar-refractivity contribution is -0.222. The van der Waals surface area contributed by atoms with Crippen LogP contribution in [0.2, 0.25) is 0 Å². The van der Waals surface area contributed by atoms with Crippen LogP contribution in [0.4, 0.5) is 0 Å². The number of hydrogen-bond acceptors (Lipinski definition) is 6. The van der Waals surface area contributed by atoms with Gasteiger partial charge in [-0.15, -0.1) is 0 Å². The third-order valence-corrected chi connectivity index (χ3v) is 3.63. The summed E-state index contributed by atoms with van der Waals surface area (Å²) in [5.41, 5.74) is 8.77. The normalized spacial score (nSPS) is 45.1. The van der Waals surface area contributed by atoms with Gasteiger partial charge < -0.3 is 23.7 Å². The van der Waals surface area contributed by atoms with E-state index in [9.17, 15) is 0 Å². The van der Waals surface area contributed by atoms with Gasteiger partial charge in [0.05, 0.1) is 12.6 Å². The molecule has 0 aromatic heterocycles. The van der Waals surface area contributed by atoms with Crippen LogP contribution in [0, 0.1) is 0 Å². The highest BCUT2D eigenvalue weighted by molar-refractivity contribution is 5.01. The Morgan fingerprint density at radius 3 is 2.40 bits per heavy atom. The third kappa shape index (κ3) is 2.39. The van der Waals surface area contributed by atoms with Crippen LogP contribution in [0.15, 0.2) is 5.11 Å². The van der Waals surface area contributed by atoms with Crippen molar-refractivity contribution in [1.29, 1.82) is 0 Å². The molecule has 0 radical (unpaired) electrons. The fourth-order valence-corrected chi connectivity index (χ4v) is 2.89. The first-order chi connectivity index (χ1) is 9.31. The second-order valence-electron chi connectivity index (χ2n) is 6.13. The molecule has 0 N–H and O–H groups in total. The summed E-state index contributed by atoms with van der Waals surface area (Å²) in [6.07, 6.45) is -1.70. The standard InChI is InChI=1S/C12H19N3O5/c1-11(2)16-5-6(18-11)8-7(14-15-13)9-10(17-8)20-12(3,4)19-9/h6-10H,5H2,1-4H3/t6-,7-,8+,9-,10?/m1/s1. The average Bonchev–Trinajstić information content (AvgIpc) is 2.91. The first-order valence-corrected chi connectivity index (χ1v) is 6.68. The number of ether oxygens (including phenoxy) is 5. The zero-order chi connectivity index (χ0) is 14.5. The summed E-state index contributed by atoms with van der Waals surface area (Å²) in [4.78, 5) is 2.90. The van der Waals surface area contributed by atoms with E-state index in [0.717, 1.165) is 0 Å². The minimum atomic E-state index is -0.740. The quantitative estimate of drug-likeness (QED) is 0.437. The van der Waals surface area contributed by atoms with E-state index in [2.05, 4.69) is 10.0 Å². The van der Waals surface area contributed by atoms with Gasteiger partial charge in [0, 0.05) is 4.91 Å². The molecule has 112 valence electrons. The van der Waals surface area contributed by atoms with Crippen LogP contribution < -0.4 is 0 Å². The number of azide groups is 1. The van der Waals surface area contributed by atoms with Crippen molar-refractivity contribution in [1.82, 2.24) is 0 Å². The molecule has 0 aromatic carbocycles. The van der Waals surface area contributed by atoms with E-state index in [-0.39, 0.29) is 6.10 Å². The Morgan fingerprint density at radius 2 is 1.80 bits per heavy atom. The molecule has 20 heavy (non-hydrogen) atoms. The lowest BCUT2D eigenvalue weighted by atomic mass is 10.0. The van der Waals surface area contributed by atoms with Gasteiger partial charge in [-0.2, -0.15) is 0 Å². The summed E-state index contributed by atoms with van der Waals surface area (Å²) >= 11 is 0. The molecule has 3 saturated heterocycles. The van der Waals surface area contributed by atoms with Crippen LogP contribution in [0.5, 0.6) is 0 Å². The molecule has 3 aliphatic heterocycles. The summed E-state index contributed by atoms with van der Waals surface area (Å²) in [5, 5.41) is 3.82. The lowest BCUT2D eigenvalue weighted by Crippen LogP contribution is -2.41. The lowest BCUT2D eigenvalue weighted by Gasteiger charge is -2.26.